The predicted molar refractivity (Wildman–Crippen MR) is 99.5 cm³/mol. The van der Waals surface area contributed by atoms with Gasteiger partial charge in [0.05, 0.1) is 29.1 Å². The second-order valence-corrected chi connectivity index (χ2v) is 6.05. The lowest BCUT2D eigenvalue weighted by Gasteiger charge is -2.14. The number of aromatic nitrogens is 1. The first-order chi connectivity index (χ1) is 11.6. The summed E-state index contributed by atoms with van der Waals surface area (Å²) in [5.41, 5.74) is 9.29. The first-order valence-corrected chi connectivity index (χ1v) is 8.19. The van der Waals surface area contributed by atoms with Crippen LogP contribution in [-0.4, -0.2) is 11.6 Å². The van der Waals surface area contributed by atoms with Crippen LogP contribution in [0.1, 0.15) is 12.5 Å². The molecule has 3 aromatic rings. The zero-order chi connectivity index (χ0) is 17.1. The van der Waals surface area contributed by atoms with Crippen LogP contribution >= 0.6 is 15.9 Å². The van der Waals surface area contributed by atoms with Crippen molar-refractivity contribution in [3.63, 3.8) is 0 Å². The van der Waals surface area contributed by atoms with E-state index < -0.39 is 0 Å². The van der Waals surface area contributed by atoms with Gasteiger partial charge in [-0.05, 0) is 31.2 Å². The van der Waals surface area contributed by atoms with Gasteiger partial charge in [-0.15, -0.1) is 0 Å². The number of anilines is 3. The average Bonchev–Trinajstić information content (AvgIpc) is 2.56. The zero-order valence-electron chi connectivity index (χ0n) is 13.0. The van der Waals surface area contributed by atoms with Crippen molar-refractivity contribution in [1.82, 2.24) is 4.98 Å². The molecule has 1 heterocycles. The van der Waals surface area contributed by atoms with Crippen LogP contribution in [0.25, 0.3) is 10.9 Å². The Morgan fingerprint density at radius 1 is 1.33 bits per heavy atom. The third-order valence-electron chi connectivity index (χ3n) is 3.51. The molecule has 0 aliphatic carbocycles. The third kappa shape index (κ3) is 3.12. The Balaban J connectivity index is 2.17. The van der Waals surface area contributed by atoms with Crippen molar-refractivity contribution in [1.29, 1.82) is 5.26 Å². The fourth-order valence-corrected chi connectivity index (χ4v) is 2.85. The summed E-state index contributed by atoms with van der Waals surface area (Å²) in [6.07, 6.45) is 1.55. The summed E-state index contributed by atoms with van der Waals surface area (Å²) >= 11 is 3.45. The lowest BCUT2D eigenvalue weighted by molar-refractivity contribution is 0.342. The number of nitrogens with zero attached hydrogens (tertiary/aromatic N) is 2. The number of pyridine rings is 1. The second-order valence-electron chi connectivity index (χ2n) is 5.13. The van der Waals surface area contributed by atoms with E-state index in [2.05, 4.69) is 32.3 Å². The maximum Gasteiger partial charge on any atom is 0.144 e. The van der Waals surface area contributed by atoms with Crippen molar-refractivity contribution in [2.45, 2.75) is 6.92 Å². The van der Waals surface area contributed by atoms with Crippen molar-refractivity contribution in [2.24, 2.45) is 0 Å². The number of ether oxygens (including phenoxy) is 1. The SMILES string of the molecule is CCOc1cc2ncc(C#N)c(Nc3cccc(Br)c3)c2cc1N. The maximum atomic E-state index is 9.42. The first kappa shape index (κ1) is 16.1. The molecule has 0 aliphatic rings. The highest BCUT2D eigenvalue weighted by atomic mass is 79.9. The van der Waals surface area contributed by atoms with Crippen LogP contribution in [0.15, 0.2) is 47.1 Å². The Kier molecular flexibility index (Phi) is 4.54. The molecule has 0 fully saturated rings. The fraction of sp³-hybridized carbons (Fsp3) is 0.111. The lowest BCUT2D eigenvalue weighted by atomic mass is 10.1. The van der Waals surface area contributed by atoms with Crippen molar-refractivity contribution in [2.75, 3.05) is 17.7 Å². The van der Waals surface area contributed by atoms with Gasteiger partial charge in [-0.2, -0.15) is 5.26 Å². The molecule has 120 valence electrons. The summed E-state index contributed by atoms with van der Waals surface area (Å²) in [5.74, 6) is 0.593. The van der Waals surface area contributed by atoms with Crippen LogP contribution < -0.4 is 15.8 Å². The molecule has 0 aliphatic heterocycles. The Morgan fingerprint density at radius 3 is 2.88 bits per heavy atom. The number of hydrogen-bond donors (Lipinski definition) is 2. The minimum Gasteiger partial charge on any atom is -0.492 e. The largest absolute Gasteiger partial charge is 0.492 e. The molecule has 3 N–H and O–H groups in total. The van der Waals surface area contributed by atoms with Crippen LogP contribution in [-0.2, 0) is 0 Å². The Labute approximate surface area is 148 Å². The second kappa shape index (κ2) is 6.77. The summed E-state index contributed by atoms with van der Waals surface area (Å²) < 4.78 is 6.47. The molecule has 0 radical (unpaired) electrons. The number of hydrogen-bond acceptors (Lipinski definition) is 5. The van der Waals surface area contributed by atoms with E-state index in [0.29, 0.717) is 34.8 Å². The third-order valence-corrected chi connectivity index (χ3v) is 4.01. The molecular weight excluding hydrogens is 368 g/mol. The van der Waals surface area contributed by atoms with E-state index in [0.717, 1.165) is 15.5 Å². The van der Waals surface area contributed by atoms with Crippen molar-refractivity contribution < 1.29 is 4.74 Å². The maximum absolute atomic E-state index is 9.42. The molecule has 0 unspecified atom stereocenters. The molecule has 0 saturated carbocycles. The van der Waals surface area contributed by atoms with Gasteiger partial charge in [0.25, 0.3) is 0 Å². The molecule has 0 saturated heterocycles. The Hall–Kier alpha value is -2.78. The highest BCUT2D eigenvalue weighted by molar-refractivity contribution is 9.10. The van der Waals surface area contributed by atoms with E-state index in [-0.39, 0.29) is 0 Å². The van der Waals surface area contributed by atoms with Gasteiger partial charge < -0.3 is 15.8 Å². The standard InChI is InChI=1S/C18H15BrN4O/c1-2-24-17-8-16-14(7-15(17)21)18(11(9-20)10-22-16)23-13-5-3-4-12(19)6-13/h3-8,10H,2,21H2,1H3,(H,22,23). The summed E-state index contributed by atoms with van der Waals surface area (Å²) in [6.45, 7) is 2.42. The molecule has 0 spiro atoms. The van der Waals surface area contributed by atoms with E-state index >= 15 is 0 Å². The number of nitrogens with one attached hydrogen (secondary N) is 1. The minimum atomic E-state index is 0.450. The average molecular weight is 383 g/mol. The van der Waals surface area contributed by atoms with Gasteiger partial charge in [-0.25, -0.2) is 0 Å². The fourth-order valence-electron chi connectivity index (χ4n) is 2.45. The Bertz CT molecular complexity index is 950. The molecule has 0 bridgehead atoms. The van der Waals surface area contributed by atoms with Crippen molar-refractivity contribution in [3.8, 4) is 11.8 Å². The first-order valence-electron chi connectivity index (χ1n) is 7.40. The lowest BCUT2D eigenvalue weighted by Crippen LogP contribution is -2.00. The predicted octanol–water partition coefficient (Wildman–Crippen LogP) is 4.59. The number of nitrogens with two attached hydrogens (primary N) is 1. The van der Waals surface area contributed by atoms with Crippen LogP contribution in [0.3, 0.4) is 0 Å². The molecule has 0 atom stereocenters. The number of nitrogen functional groups attached to an aromatic ring is 1. The van der Waals surface area contributed by atoms with Crippen molar-refractivity contribution >= 4 is 43.9 Å². The van der Waals surface area contributed by atoms with E-state index in [1.165, 1.54) is 0 Å². The van der Waals surface area contributed by atoms with Gasteiger partial charge in [0.15, 0.2) is 0 Å². The molecule has 0 amide bonds. The van der Waals surface area contributed by atoms with Gasteiger partial charge in [-0.1, -0.05) is 22.0 Å². The van der Waals surface area contributed by atoms with Gasteiger partial charge >= 0.3 is 0 Å². The minimum absolute atomic E-state index is 0.450. The van der Waals surface area contributed by atoms with Crippen LogP contribution in [0.4, 0.5) is 17.1 Å². The quantitative estimate of drug-likeness (QED) is 0.644. The van der Waals surface area contributed by atoms with Gasteiger partial charge in [-0.3, -0.25) is 4.98 Å². The monoisotopic (exact) mass is 382 g/mol. The molecule has 1 aromatic heterocycles. The summed E-state index contributed by atoms with van der Waals surface area (Å²) in [7, 11) is 0. The van der Waals surface area contributed by atoms with E-state index in [9.17, 15) is 5.26 Å². The zero-order valence-corrected chi connectivity index (χ0v) is 14.6. The summed E-state index contributed by atoms with van der Waals surface area (Å²) in [5, 5.41) is 13.5. The van der Waals surface area contributed by atoms with Crippen molar-refractivity contribution in [3.05, 3.63) is 52.6 Å². The molecule has 24 heavy (non-hydrogen) atoms. The number of nitriles is 1. The van der Waals surface area contributed by atoms with Gasteiger partial charge in [0.2, 0.25) is 0 Å². The number of rotatable bonds is 4. The van der Waals surface area contributed by atoms with Gasteiger partial charge in [0.1, 0.15) is 11.8 Å². The molecule has 2 aromatic carbocycles. The van der Waals surface area contributed by atoms with Crippen LogP contribution in [0.5, 0.6) is 5.75 Å². The molecule has 3 rings (SSSR count). The normalized spacial score (nSPS) is 10.4. The van der Waals surface area contributed by atoms with Gasteiger partial charge in [0, 0.05) is 27.8 Å². The van der Waals surface area contributed by atoms with E-state index in [4.69, 9.17) is 10.5 Å². The highest BCUT2D eigenvalue weighted by Crippen LogP contribution is 2.34. The Morgan fingerprint density at radius 2 is 2.17 bits per heavy atom. The smallest absolute Gasteiger partial charge is 0.144 e. The number of halogens is 1. The highest BCUT2D eigenvalue weighted by Gasteiger charge is 2.12. The topological polar surface area (TPSA) is 84.0 Å². The summed E-state index contributed by atoms with van der Waals surface area (Å²) in [4.78, 5) is 4.35. The summed E-state index contributed by atoms with van der Waals surface area (Å²) in [6, 6.07) is 13.5. The number of benzene rings is 2. The van der Waals surface area contributed by atoms with E-state index in [1.807, 2.05) is 31.2 Å². The number of fused-ring (bicyclic) bond motifs is 1. The molecule has 6 heteroatoms. The van der Waals surface area contributed by atoms with Crippen LogP contribution in [0.2, 0.25) is 0 Å². The van der Waals surface area contributed by atoms with E-state index in [1.54, 1.807) is 18.3 Å². The molecular formula is C18H15BrN4O. The van der Waals surface area contributed by atoms with Crippen LogP contribution in [0, 0.1) is 11.3 Å². The molecule has 5 nitrogen and oxygen atoms in total.